The van der Waals surface area contributed by atoms with Gasteiger partial charge in [0.15, 0.2) is 5.78 Å². The van der Waals surface area contributed by atoms with Gasteiger partial charge in [-0.15, -0.1) is 11.6 Å². The largest absolute Gasteiger partial charge is 0.391 e. The number of rotatable bonds is 14. The molecule has 3 saturated carbocycles. The van der Waals surface area contributed by atoms with Crippen molar-refractivity contribution in [3.63, 3.8) is 0 Å². The number of alkyl halides is 1. The molecule has 0 radical (unpaired) electrons. The van der Waals surface area contributed by atoms with E-state index >= 15 is 0 Å². The molecule has 0 saturated heterocycles. The average molecular weight is 561 g/mol. The molecule has 7 unspecified atom stereocenters. The van der Waals surface area contributed by atoms with Crippen molar-refractivity contribution in [2.24, 2.45) is 23.5 Å². The van der Waals surface area contributed by atoms with Gasteiger partial charge in [0.1, 0.15) is 5.60 Å². The van der Waals surface area contributed by atoms with Crippen molar-refractivity contribution < 1.29 is 19.8 Å². The number of Topliss-reactive ketones (excluding diaryl/α,β-unsaturated/α-hetero) is 1. The van der Waals surface area contributed by atoms with Crippen LogP contribution >= 0.6 is 11.6 Å². The normalized spacial score (nSPS) is 31.9. The lowest BCUT2D eigenvalue weighted by molar-refractivity contribution is -0.130. The zero-order valence-electron chi connectivity index (χ0n) is 24.1. The van der Waals surface area contributed by atoms with E-state index in [1.54, 1.807) is 0 Å². The van der Waals surface area contributed by atoms with E-state index in [2.05, 4.69) is 26.0 Å². The number of halogens is 1. The highest BCUT2D eigenvalue weighted by molar-refractivity contribution is 6.20. The number of aliphatic hydroxyl groups excluding tert-OH is 1. The van der Waals surface area contributed by atoms with Crippen molar-refractivity contribution in [1.29, 1.82) is 0 Å². The number of ketones is 1. The highest BCUT2D eigenvalue weighted by Gasteiger charge is 2.48. The number of unbranched alkanes of at least 4 members (excludes halogenated alkanes) is 1. The highest BCUT2D eigenvalue weighted by Crippen LogP contribution is 2.56. The van der Waals surface area contributed by atoms with Gasteiger partial charge in [-0.1, -0.05) is 45.7 Å². The Morgan fingerprint density at radius 3 is 2.49 bits per heavy atom. The second-order valence-corrected chi connectivity index (χ2v) is 13.7. The van der Waals surface area contributed by atoms with E-state index in [1.807, 2.05) is 24.0 Å². The van der Waals surface area contributed by atoms with Gasteiger partial charge in [0.2, 0.25) is 0 Å². The van der Waals surface area contributed by atoms with Crippen LogP contribution in [0.3, 0.4) is 0 Å². The van der Waals surface area contributed by atoms with Gasteiger partial charge in [-0.05, 0) is 92.7 Å². The maximum absolute atomic E-state index is 13.4. The number of carbonyl (C=O) groups excluding carboxylic acids is 2. The van der Waals surface area contributed by atoms with Crippen LogP contribution in [0.15, 0.2) is 24.3 Å². The molecule has 0 aromatic heterocycles. The summed E-state index contributed by atoms with van der Waals surface area (Å²) in [5.41, 5.74) is 6.92. The topological polar surface area (TPSA) is 104 Å². The Labute approximate surface area is 239 Å². The van der Waals surface area contributed by atoms with E-state index in [4.69, 9.17) is 17.3 Å². The van der Waals surface area contributed by atoms with E-state index in [-0.39, 0.29) is 23.0 Å². The van der Waals surface area contributed by atoms with Crippen LogP contribution in [-0.2, 0) is 4.79 Å². The Morgan fingerprint density at radius 1 is 1.18 bits per heavy atom. The fourth-order valence-electron chi connectivity index (χ4n) is 6.68. The second-order valence-electron chi connectivity index (χ2n) is 13.1. The first-order valence-electron chi connectivity index (χ1n) is 15.2. The number of hydrogen-bond donors (Lipinski definition) is 3. The quantitative estimate of drug-likeness (QED) is 0.264. The Balaban J connectivity index is 1.29. The first kappa shape index (κ1) is 30.5. The van der Waals surface area contributed by atoms with Crippen LogP contribution in [0, 0.1) is 17.8 Å². The van der Waals surface area contributed by atoms with Gasteiger partial charge < -0.3 is 20.8 Å². The van der Waals surface area contributed by atoms with E-state index in [0.717, 1.165) is 44.9 Å². The van der Waals surface area contributed by atoms with Gasteiger partial charge >= 0.3 is 0 Å². The SMILES string of the molecule is CCCCN(CC(C)CC(=O)C1(O)CC1)C(=O)c1ccc(C2C(C)C2CCCC2(N)CCC(Cl)CC2O)cc1. The second kappa shape index (κ2) is 12.6. The number of amides is 1. The molecule has 0 aliphatic heterocycles. The average Bonchev–Trinajstić information content (AvgIpc) is 3.81. The van der Waals surface area contributed by atoms with Gasteiger partial charge in [0.25, 0.3) is 5.91 Å². The molecule has 6 nitrogen and oxygen atoms in total. The maximum Gasteiger partial charge on any atom is 0.253 e. The summed E-state index contributed by atoms with van der Waals surface area (Å²) in [6.45, 7) is 7.59. The molecule has 0 heterocycles. The van der Waals surface area contributed by atoms with Crippen LogP contribution < -0.4 is 5.73 Å². The molecule has 1 aromatic carbocycles. The molecule has 1 aromatic rings. The lowest BCUT2D eigenvalue weighted by Gasteiger charge is -2.40. The number of hydrogen-bond acceptors (Lipinski definition) is 5. The Hall–Kier alpha value is -1.47. The minimum Gasteiger partial charge on any atom is -0.391 e. The van der Waals surface area contributed by atoms with Crippen LogP contribution in [0.4, 0.5) is 0 Å². The summed E-state index contributed by atoms with van der Waals surface area (Å²) in [5, 5.41) is 20.6. The molecule has 4 rings (SSSR count). The van der Waals surface area contributed by atoms with Crippen molar-refractivity contribution in [2.45, 2.75) is 120 Å². The monoisotopic (exact) mass is 560 g/mol. The molecule has 218 valence electrons. The predicted molar refractivity (Wildman–Crippen MR) is 156 cm³/mol. The number of nitrogens with two attached hydrogens (primary N) is 1. The van der Waals surface area contributed by atoms with Crippen LogP contribution in [0.25, 0.3) is 0 Å². The third kappa shape index (κ3) is 7.44. The fourth-order valence-corrected chi connectivity index (χ4v) is 6.96. The maximum atomic E-state index is 13.4. The first-order chi connectivity index (χ1) is 18.5. The number of benzene rings is 1. The summed E-state index contributed by atoms with van der Waals surface area (Å²) >= 11 is 6.21. The van der Waals surface area contributed by atoms with Crippen molar-refractivity contribution in [3.8, 4) is 0 Å². The first-order valence-corrected chi connectivity index (χ1v) is 15.7. The van der Waals surface area contributed by atoms with E-state index in [0.29, 0.717) is 62.1 Å². The van der Waals surface area contributed by atoms with E-state index in [9.17, 15) is 19.8 Å². The molecule has 3 fully saturated rings. The minimum atomic E-state index is -1.10. The van der Waals surface area contributed by atoms with Gasteiger partial charge in [0, 0.05) is 36.0 Å². The fraction of sp³-hybridized carbons (Fsp3) is 0.750. The zero-order valence-corrected chi connectivity index (χ0v) is 24.8. The molecule has 0 bridgehead atoms. The molecule has 7 atom stereocenters. The standard InChI is InChI=1S/C32H49ClN2O4/c1-4-5-17-35(20-21(2)18-28(37)32(39)15-16-32)30(38)24-10-8-23(9-11-24)29-22(3)26(29)7-6-13-31(34)14-12-25(33)19-27(31)36/h8-11,21-22,25-27,29,36,39H,4-7,12-20,34H2,1-3H3. The molecule has 1 amide bonds. The summed E-state index contributed by atoms with van der Waals surface area (Å²) in [4.78, 5) is 27.7. The minimum absolute atomic E-state index is 0.00835. The third-order valence-electron chi connectivity index (χ3n) is 9.73. The van der Waals surface area contributed by atoms with E-state index < -0.39 is 17.2 Å². The summed E-state index contributed by atoms with van der Waals surface area (Å²) < 4.78 is 0. The van der Waals surface area contributed by atoms with Crippen molar-refractivity contribution in [2.75, 3.05) is 13.1 Å². The van der Waals surface area contributed by atoms with Gasteiger partial charge in [-0.2, -0.15) is 0 Å². The van der Waals surface area contributed by atoms with Gasteiger partial charge in [-0.3, -0.25) is 9.59 Å². The summed E-state index contributed by atoms with van der Waals surface area (Å²) in [6, 6.07) is 8.13. The molecule has 0 spiro atoms. The number of aliphatic hydroxyl groups is 2. The highest BCUT2D eigenvalue weighted by atomic mass is 35.5. The molecular weight excluding hydrogens is 512 g/mol. The Kier molecular flexibility index (Phi) is 9.84. The zero-order chi connectivity index (χ0) is 28.4. The number of nitrogens with zero attached hydrogens (tertiary/aromatic N) is 1. The van der Waals surface area contributed by atoms with E-state index in [1.165, 1.54) is 5.56 Å². The van der Waals surface area contributed by atoms with Gasteiger partial charge in [-0.25, -0.2) is 0 Å². The summed E-state index contributed by atoms with van der Waals surface area (Å²) in [7, 11) is 0. The van der Waals surface area contributed by atoms with Crippen molar-refractivity contribution in [1.82, 2.24) is 4.90 Å². The number of carbonyl (C=O) groups is 2. The lowest BCUT2D eigenvalue weighted by atomic mass is 9.76. The van der Waals surface area contributed by atoms with Crippen molar-refractivity contribution in [3.05, 3.63) is 35.4 Å². The lowest BCUT2D eigenvalue weighted by Crippen LogP contribution is -2.54. The molecular formula is C32H49ClN2O4. The van der Waals surface area contributed by atoms with Crippen LogP contribution in [0.1, 0.15) is 113 Å². The van der Waals surface area contributed by atoms with Crippen molar-refractivity contribution >= 4 is 23.3 Å². The summed E-state index contributed by atoms with van der Waals surface area (Å²) in [5.74, 6) is 1.65. The molecule has 7 heteroatoms. The van der Waals surface area contributed by atoms with Crippen LogP contribution in [0.2, 0.25) is 0 Å². The molecule has 3 aliphatic carbocycles. The molecule has 39 heavy (non-hydrogen) atoms. The molecule has 3 aliphatic rings. The predicted octanol–water partition coefficient (Wildman–Crippen LogP) is 5.42. The summed E-state index contributed by atoms with van der Waals surface area (Å²) in [6.07, 6.45) is 8.02. The van der Waals surface area contributed by atoms with Crippen LogP contribution in [-0.4, -0.2) is 62.5 Å². The Bertz CT molecular complexity index is 996. The smallest absolute Gasteiger partial charge is 0.253 e. The van der Waals surface area contributed by atoms with Gasteiger partial charge in [0.05, 0.1) is 6.10 Å². The molecule has 4 N–H and O–H groups in total. The Morgan fingerprint density at radius 2 is 1.87 bits per heavy atom. The van der Waals surface area contributed by atoms with Crippen LogP contribution in [0.5, 0.6) is 0 Å². The third-order valence-corrected chi connectivity index (χ3v) is 10.1.